The molecule has 0 unspecified atom stereocenters. The first-order valence-corrected chi connectivity index (χ1v) is 7.24. The zero-order chi connectivity index (χ0) is 15.8. The third-order valence-electron chi connectivity index (χ3n) is 2.81. The Hall–Kier alpha value is -2.42. The van der Waals surface area contributed by atoms with Crippen molar-refractivity contribution in [1.82, 2.24) is 9.55 Å². The molecule has 0 radical (unpaired) electrons. The minimum absolute atomic E-state index is 0.0582. The van der Waals surface area contributed by atoms with Crippen LogP contribution in [-0.4, -0.2) is 29.0 Å². The highest BCUT2D eigenvalue weighted by molar-refractivity contribution is 7.92. The highest BCUT2D eigenvalue weighted by Gasteiger charge is 2.20. The van der Waals surface area contributed by atoms with Crippen LogP contribution in [0.4, 0.5) is 10.1 Å². The molecule has 0 bridgehead atoms. The summed E-state index contributed by atoms with van der Waals surface area (Å²) in [5.41, 5.74) is -0.676. The van der Waals surface area contributed by atoms with Crippen molar-refractivity contribution in [3.05, 3.63) is 41.6 Å². The Bertz CT molecular complexity index is 794. The first-order valence-electron chi connectivity index (χ1n) is 5.76. The van der Waals surface area contributed by atoms with Crippen LogP contribution in [-0.2, 0) is 17.1 Å². The van der Waals surface area contributed by atoms with Crippen LogP contribution in [0, 0.1) is 12.7 Å². The van der Waals surface area contributed by atoms with Gasteiger partial charge in [0.25, 0.3) is 10.0 Å². The second kappa shape index (κ2) is 5.17. The fraction of sp³-hybridized carbons (Fsp3) is 0.167. The van der Waals surface area contributed by atoms with Gasteiger partial charge in [-0.1, -0.05) is 0 Å². The van der Waals surface area contributed by atoms with Gasteiger partial charge in [0.1, 0.15) is 11.6 Å². The monoisotopic (exact) mass is 313 g/mol. The van der Waals surface area contributed by atoms with Crippen LogP contribution in [0.2, 0.25) is 0 Å². The van der Waals surface area contributed by atoms with E-state index >= 15 is 0 Å². The van der Waals surface area contributed by atoms with Gasteiger partial charge in [-0.15, -0.1) is 0 Å². The fourth-order valence-corrected chi connectivity index (χ4v) is 2.71. The number of carboxylic acids is 1. The number of hydrogen-bond acceptors (Lipinski definition) is 4. The number of aromatic nitrogens is 2. The maximum absolute atomic E-state index is 13.3. The predicted octanol–water partition coefficient (Wildman–Crippen LogP) is 1.37. The van der Waals surface area contributed by atoms with Crippen LogP contribution >= 0.6 is 0 Å². The number of hydrogen-bond donors (Lipinski definition) is 2. The van der Waals surface area contributed by atoms with Crippen molar-refractivity contribution in [2.45, 2.75) is 11.9 Å². The van der Waals surface area contributed by atoms with E-state index in [-0.39, 0.29) is 10.7 Å². The molecule has 2 aromatic rings. The van der Waals surface area contributed by atoms with Gasteiger partial charge >= 0.3 is 5.97 Å². The van der Waals surface area contributed by atoms with Crippen LogP contribution in [0.15, 0.2) is 29.4 Å². The van der Waals surface area contributed by atoms with Crippen molar-refractivity contribution >= 4 is 21.7 Å². The third kappa shape index (κ3) is 3.02. The van der Waals surface area contributed by atoms with Gasteiger partial charge in [0, 0.05) is 18.9 Å². The van der Waals surface area contributed by atoms with E-state index in [1.54, 1.807) is 14.0 Å². The Kier molecular flexibility index (Phi) is 3.69. The van der Waals surface area contributed by atoms with Gasteiger partial charge in [0.15, 0.2) is 5.03 Å². The Labute approximate surface area is 120 Å². The predicted molar refractivity (Wildman–Crippen MR) is 72.1 cm³/mol. The summed E-state index contributed by atoms with van der Waals surface area (Å²) in [6.07, 6.45) is 1.32. The molecule has 0 spiro atoms. The molecule has 0 amide bonds. The van der Waals surface area contributed by atoms with Gasteiger partial charge in [0.05, 0.1) is 5.56 Å². The number of aryl methyl sites for hydroxylation is 2. The summed E-state index contributed by atoms with van der Waals surface area (Å²) < 4.78 is 41.2. The molecule has 0 aliphatic heterocycles. The van der Waals surface area contributed by atoms with Crippen molar-refractivity contribution in [2.24, 2.45) is 7.05 Å². The van der Waals surface area contributed by atoms with E-state index < -0.39 is 27.4 Å². The average molecular weight is 313 g/mol. The van der Waals surface area contributed by atoms with E-state index in [1.807, 2.05) is 0 Å². The van der Waals surface area contributed by atoms with E-state index in [0.29, 0.717) is 5.82 Å². The minimum Gasteiger partial charge on any atom is -0.478 e. The Balaban J connectivity index is 2.37. The Morgan fingerprint density at radius 3 is 2.62 bits per heavy atom. The van der Waals surface area contributed by atoms with Gasteiger partial charge in [-0.05, 0) is 25.1 Å². The van der Waals surface area contributed by atoms with Crippen molar-refractivity contribution in [1.29, 1.82) is 0 Å². The fourth-order valence-electron chi connectivity index (χ4n) is 1.62. The first kappa shape index (κ1) is 15.0. The van der Waals surface area contributed by atoms with E-state index in [4.69, 9.17) is 5.11 Å². The summed E-state index contributed by atoms with van der Waals surface area (Å²) in [6, 6.07) is 2.92. The number of imidazole rings is 1. The zero-order valence-electron chi connectivity index (χ0n) is 11.2. The molecule has 0 saturated heterocycles. The van der Waals surface area contributed by atoms with Gasteiger partial charge in [0.2, 0.25) is 0 Å². The molecule has 7 nitrogen and oxygen atoms in total. The summed E-state index contributed by atoms with van der Waals surface area (Å²) in [5, 5.41) is 8.61. The molecule has 1 aromatic heterocycles. The number of carbonyl (C=O) groups is 1. The normalized spacial score (nSPS) is 11.4. The van der Waals surface area contributed by atoms with Crippen molar-refractivity contribution in [2.75, 3.05) is 4.72 Å². The lowest BCUT2D eigenvalue weighted by atomic mass is 10.2. The highest BCUT2D eigenvalue weighted by atomic mass is 32.2. The lowest BCUT2D eigenvalue weighted by Gasteiger charge is -2.07. The Morgan fingerprint density at radius 1 is 1.43 bits per heavy atom. The smallest absolute Gasteiger partial charge is 0.338 e. The standard InChI is InChI=1S/C12H12FN3O4S/c1-7-14-11(6-16(7)2)21(19,20)15-8-3-4-10(13)9(5-8)12(17)18/h3-6,15H,1-2H3,(H,17,18). The largest absolute Gasteiger partial charge is 0.478 e. The lowest BCUT2D eigenvalue weighted by molar-refractivity contribution is 0.0692. The summed E-state index contributed by atoms with van der Waals surface area (Å²) in [4.78, 5) is 14.7. The molecule has 0 fully saturated rings. The second-order valence-electron chi connectivity index (χ2n) is 4.34. The number of halogens is 1. The molecule has 1 aromatic carbocycles. The van der Waals surface area contributed by atoms with Crippen molar-refractivity contribution in [3.63, 3.8) is 0 Å². The zero-order valence-corrected chi connectivity index (χ0v) is 12.0. The summed E-state index contributed by atoms with van der Waals surface area (Å²) in [7, 11) is -2.33. The number of anilines is 1. The van der Waals surface area contributed by atoms with Crippen molar-refractivity contribution in [3.8, 4) is 0 Å². The first-order chi connectivity index (χ1) is 9.70. The van der Waals surface area contributed by atoms with Crippen LogP contribution in [0.1, 0.15) is 16.2 Å². The molecule has 2 rings (SSSR count). The van der Waals surface area contributed by atoms with Crippen LogP contribution in [0.25, 0.3) is 0 Å². The number of carboxylic acid groups (broad SMARTS) is 1. The molecular weight excluding hydrogens is 301 g/mol. The molecule has 1 heterocycles. The van der Waals surface area contributed by atoms with Gasteiger partial charge < -0.3 is 9.67 Å². The van der Waals surface area contributed by atoms with E-state index in [2.05, 4.69) is 9.71 Å². The maximum atomic E-state index is 13.3. The molecule has 0 saturated carbocycles. The molecule has 9 heteroatoms. The van der Waals surface area contributed by atoms with Crippen LogP contribution in [0.5, 0.6) is 0 Å². The molecule has 2 N–H and O–H groups in total. The summed E-state index contributed by atoms with van der Waals surface area (Å²) in [5.74, 6) is -1.93. The van der Waals surface area contributed by atoms with Crippen molar-refractivity contribution < 1.29 is 22.7 Å². The molecule has 112 valence electrons. The van der Waals surface area contributed by atoms with Gasteiger partial charge in [-0.3, -0.25) is 4.72 Å². The second-order valence-corrected chi connectivity index (χ2v) is 5.97. The van der Waals surface area contributed by atoms with Gasteiger partial charge in [-0.2, -0.15) is 8.42 Å². The molecule has 0 aliphatic carbocycles. The number of rotatable bonds is 4. The number of aromatic carboxylic acids is 1. The average Bonchev–Trinajstić information content (AvgIpc) is 2.72. The number of nitrogens with one attached hydrogen (secondary N) is 1. The van der Waals surface area contributed by atoms with Crippen LogP contribution in [0.3, 0.4) is 0 Å². The van der Waals surface area contributed by atoms with E-state index in [0.717, 1.165) is 18.2 Å². The third-order valence-corrected chi connectivity index (χ3v) is 4.06. The number of benzene rings is 1. The molecule has 0 aliphatic rings. The SMILES string of the molecule is Cc1nc(S(=O)(=O)Nc2ccc(F)c(C(=O)O)c2)cn1C. The summed E-state index contributed by atoms with van der Waals surface area (Å²) >= 11 is 0. The number of nitrogens with zero attached hydrogens (tertiary/aromatic N) is 2. The van der Waals surface area contributed by atoms with Gasteiger partial charge in [-0.25, -0.2) is 14.2 Å². The van der Waals surface area contributed by atoms with E-state index in [9.17, 15) is 17.6 Å². The minimum atomic E-state index is -3.97. The lowest BCUT2D eigenvalue weighted by Crippen LogP contribution is -2.14. The quantitative estimate of drug-likeness (QED) is 0.887. The Morgan fingerprint density at radius 2 is 2.10 bits per heavy atom. The topological polar surface area (TPSA) is 101 Å². The molecule has 21 heavy (non-hydrogen) atoms. The summed E-state index contributed by atoms with van der Waals surface area (Å²) in [6.45, 7) is 1.64. The maximum Gasteiger partial charge on any atom is 0.338 e. The highest BCUT2D eigenvalue weighted by Crippen LogP contribution is 2.19. The molecule has 0 atom stereocenters. The molecular formula is C12H12FN3O4S. The van der Waals surface area contributed by atoms with Crippen LogP contribution < -0.4 is 4.72 Å². The van der Waals surface area contributed by atoms with E-state index in [1.165, 1.54) is 10.8 Å². The number of sulfonamides is 1.